The van der Waals surface area contributed by atoms with Gasteiger partial charge in [-0.1, -0.05) is 30.3 Å². The van der Waals surface area contributed by atoms with Crippen LogP contribution in [0.4, 0.5) is 27.8 Å². The number of amides is 1. The van der Waals surface area contributed by atoms with Crippen molar-refractivity contribution in [3.8, 4) is 11.3 Å². The van der Waals surface area contributed by atoms with E-state index in [2.05, 4.69) is 15.7 Å². The number of carbonyl (C=O) groups is 1. The van der Waals surface area contributed by atoms with Crippen LogP contribution in [0.15, 0.2) is 79.1 Å². The van der Waals surface area contributed by atoms with Crippen LogP contribution in [0.2, 0.25) is 0 Å². The first-order valence-corrected chi connectivity index (χ1v) is 11.8. The topological polar surface area (TPSA) is 81.9 Å². The molecule has 5 rings (SSSR count). The van der Waals surface area contributed by atoms with Gasteiger partial charge in [0.1, 0.15) is 17.2 Å². The number of aliphatic hydroxyl groups is 1. The number of aromatic nitrogens is 2. The highest BCUT2D eigenvalue weighted by molar-refractivity contribution is 6.06. The van der Waals surface area contributed by atoms with E-state index in [9.17, 15) is 31.9 Å². The number of hydrogen-bond acceptors (Lipinski definition) is 5. The Morgan fingerprint density at radius 3 is 2.49 bits per heavy atom. The van der Waals surface area contributed by atoms with Crippen molar-refractivity contribution in [2.45, 2.75) is 31.8 Å². The minimum atomic E-state index is -4.78. The van der Waals surface area contributed by atoms with Crippen LogP contribution in [0, 0.1) is 0 Å². The summed E-state index contributed by atoms with van der Waals surface area (Å²) in [6.07, 6.45) is -1.79. The lowest BCUT2D eigenvalue weighted by atomic mass is 9.97. The average Bonchev–Trinajstić information content (AvgIpc) is 3.54. The van der Waals surface area contributed by atoms with Gasteiger partial charge < -0.3 is 10.4 Å². The van der Waals surface area contributed by atoms with Gasteiger partial charge in [-0.05, 0) is 54.5 Å². The lowest BCUT2D eigenvalue weighted by Gasteiger charge is -2.22. The molecule has 39 heavy (non-hydrogen) atoms. The van der Waals surface area contributed by atoms with Gasteiger partial charge in [-0.25, -0.2) is 10.4 Å². The number of hydrogen-bond donors (Lipinski definition) is 3. The van der Waals surface area contributed by atoms with Crippen molar-refractivity contribution in [3.63, 3.8) is 0 Å². The average molecular weight is 543 g/mol. The zero-order valence-electron chi connectivity index (χ0n) is 20.3. The molecule has 2 atom stereocenters. The van der Waals surface area contributed by atoms with Gasteiger partial charge in [0, 0.05) is 23.5 Å². The van der Waals surface area contributed by atoms with Crippen molar-refractivity contribution in [1.29, 1.82) is 0 Å². The third kappa shape index (κ3) is 5.20. The third-order valence-electron chi connectivity index (χ3n) is 6.30. The van der Waals surface area contributed by atoms with Crippen LogP contribution in [0.1, 0.15) is 46.1 Å². The fourth-order valence-electron chi connectivity index (χ4n) is 4.36. The molecule has 1 amide bonds. The predicted octanol–water partition coefficient (Wildman–Crippen LogP) is 5.92. The van der Waals surface area contributed by atoms with Crippen molar-refractivity contribution >= 4 is 17.4 Å². The van der Waals surface area contributed by atoms with E-state index in [4.69, 9.17) is 0 Å². The molecule has 0 saturated carbocycles. The fourth-order valence-corrected chi connectivity index (χ4v) is 4.36. The number of aliphatic hydroxyl groups excluding tert-OH is 1. The zero-order chi connectivity index (χ0) is 27.9. The number of fused-ring (bicyclic) bond motifs is 1. The number of halogens is 5. The molecule has 1 aliphatic heterocycles. The molecule has 3 heterocycles. The van der Waals surface area contributed by atoms with E-state index in [1.807, 2.05) is 6.07 Å². The van der Waals surface area contributed by atoms with Gasteiger partial charge in [0.2, 0.25) is 0 Å². The molecule has 7 nitrogen and oxygen atoms in total. The highest BCUT2D eigenvalue weighted by Gasteiger charge is 2.37. The molecule has 3 N–H and O–H groups in total. The maximum Gasteiger partial charge on any atom is 0.416 e. The molecule has 0 aliphatic carbocycles. The summed E-state index contributed by atoms with van der Waals surface area (Å²) in [4.78, 5) is 18.0. The quantitative estimate of drug-likeness (QED) is 0.208. The SMILES string of the molecule is CC(O)c1ccn2c(NC(=O)c3ccc(C(F)(F)F)c(C4C=CN(C(F)F)N4)c3)c(-c3ccccc3)nc2c1. The van der Waals surface area contributed by atoms with Gasteiger partial charge in [0.05, 0.1) is 17.7 Å². The number of benzene rings is 2. The number of nitrogens with zero attached hydrogens (tertiary/aromatic N) is 3. The Morgan fingerprint density at radius 1 is 1.10 bits per heavy atom. The van der Waals surface area contributed by atoms with Gasteiger partial charge in [-0.3, -0.25) is 14.2 Å². The summed E-state index contributed by atoms with van der Waals surface area (Å²) >= 11 is 0. The lowest BCUT2D eigenvalue weighted by molar-refractivity contribution is -0.138. The molecule has 0 bridgehead atoms. The fraction of sp³-hybridized carbons (Fsp3) is 0.185. The smallest absolute Gasteiger partial charge is 0.389 e. The molecule has 202 valence electrons. The summed E-state index contributed by atoms with van der Waals surface area (Å²) in [5, 5.41) is 13.1. The Bertz CT molecular complexity index is 1550. The molecule has 2 unspecified atom stereocenters. The van der Waals surface area contributed by atoms with Crippen LogP contribution in [0.25, 0.3) is 16.9 Å². The monoisotopic (exact) mass is 543 g/mol. The summed E-state index contributed by atoms with van der Waals surface area (Å²) in [5.74, 6) is -0.459. The van der Waals surface area contributed by atoms with Gasteiger partial charge in [0.15, 0.2) is 0 Å². The van der Waals surface area contributed by atoms with Gasteiger partial charge in [-0.15, -0.1) is 0 Å². The predicted molar refractivity (Wildman–Crippen MR) is 134 cm³/mol. The number of rotatable bonds is 6. The zero-order valence-corrected chi connectivity index (χ0v) is 20.3. The molecule has 2 aromatic carbocycles. The Balaban J connectivity index is 1.55. The number of nitrogens with one attached hydrogen (secondary N) is 2. The van der Waals surface area contributed by atoms with Crippen molar-refractivity contribution in [2.75, 3.05) is 5.32 Å². The number of pyridine rings is 1. The highest BCUT2D eigenvalue weighted by atomic mass is 19.4. The van der Waals surface area contributed by atoms with Crippen LogP contribution in [0.3, 0.4) is 0 Å². The molecular weight excluding hydrogens is 521 g/mol. The van der Waals surface area contributed by atoms with Gasteiger partial charge in [0.25, 0.3) is 5.91 Å². The second kappa shape index (κ2) is 10.1. The Labute approximate surface area is 219 Å². The van der Waals surface area contributed by atoms with Crippen molar-refractivity contribution in [3.05, 3.63) is 101 Å². The summed E-state index contributed by atoms with van der Waals surface area (Å²) in [6.45, 7) is -1.36. The molecule has 0 radical (unpaired) electrons. The number of carbonyl (C=O) groups excluding carboxylic acids is 1. The summed E-state index contributed by atoms with van der Waals surface area (Å²) in [7, 11) is 0. The van der Waals surface area contributed by atoms with Crippen molar-refractivity contribution in [1.82, 2.24) is 19.8 Å². The van der Waals surface area contributed by atoms with Crippen LogP contribution in [-0.2, 0) is 6.18 Å². The van der Waals surface area contributed by atoms with Gasteiger partial charge in [-0.2, -0.15) is 22.0 Å². The maximum absolute atomic E-state index is 13.8. The second-order valence-electron chi connectivity index (χ2n) is 8.93. The third-order valence-corrected chi connectivity index (χ3v) is 6.30. The van der Waals surface area contributed by atoms with Crippen LogP contribution in [-0.4, -0.2) is 32.0 Å². The number of anilines is 1. The molecule has 12 heteroatoms. The molecule has 2 aromatic heterocycles. The van der Waals surface area contributed by atoms with Crippen LogP contribution >= 0.6 is 0 Å². The number of imidazole rings is 1. The normalized spacial score (nSPS) is 16.3. The van der Waals surface area contributed by atoms with Crippen LogP contribution < -0.4 is 10.7 Å². The van der Waals surface area contributed by atoms with E-state index >= 15 is 0 Å². The first-order chi connectivity index (χ1) is 18.5. The first-order valence-electron chi connectivity index (χ1n) is 11.8. The van der Waals surface area contributed by atoms with Crippen molar-refractivity contribution < 1.29 is 31.9 Å². The molecule has 1 aliphatic rings. The Morgan fingerprint density at radius 2 is 1.85 bits per heavy atom. The van der Waals surface area contributed by atoms with E-state index in [1.54, 1.807) is 53.9 Å². The summed E-state index contributed by atoms with van der Waals surface area (Å²) in [6, 6.07) is 13.9. The summed E-state index contributed by atoms with van der Waals surface area (Å²) < 4.78 is 69.0. The largest absolute Gasteiger partial charge is 0.416 e. The van der Waals surface area contributed by atoms with E-state index in [0.29, 0.717) is 27.5 Å². The standard InChI is InChI=1S/C27H22F5N5O2/c1-15(38)17-9-11-36-22(14-17)33-23(16-5-3-2-4-6-16)24(36)34-25(39)18-7-8-20(27(30,31)32)19(13-18)21-10-12-37(35-21)26(28)29/h2-15,21,26,35,38H,1H3,(H,34,39). The second-order valence-corrected chi connectivity index (χ2v) is 8.93. The minimum Gasteiger partial charge on any atom is -0.389 e. The van der Waals surface area contributed by atoms with E-state index in [0.717, 1.165) is 30.5 Å². The van der Waals surface area contributed by atoms with Crippen molar-refractivity contribution in [2.24, 2.45) is 0 Å². The summed E-state index contributed by atoms with van der Waals surface area (Å²) in [5.41, 5.74) is 2.89. The molecular formula is C27H22F5N5O2. The molecule has 0 spiro atoms. The van der Waals surface area contributed by atoms with Gasteiger partial charge >= 0.3 is 12.7 Å². The highest BCUT2D eigenvalue weighted by Crippen LogP contribution is 2.37. The van der Waals surface area contributed by atoms with E-state index < -0.39 is 36.3 Å². The Kier molecular flexibility index (Phi) is 6.83. The number of alkyl halides is 5. The van der Waals surface area contributed by atoms with E-state index in [-0.39, 0.29) is 16.9 Å². The maximum atomic E-state index is 13.8. The first kappa shape index (κ1) is 26.3. The molecule has 0 saturated heterocycles. The minimum absolute atomic E-state index is 0.113. The van der Waals surface area contributed by atoms with Crippen LogP contribution in [0.5, 0.6) is 0 Å². The van der Waals surface area contributed by atoms with E-state index in [1.165, 1.54) is 0 Å². The molecule has 0 fully saturated rings. The lowest BCUT2D eigenvalue weighted by Crippen LogP contribution is -2.35. The molecule has 4 aromatic rings. The number of hydrazine groups is 1. The Hall–Kier alpha value is -4.29.